The summed E-state index contributed by atoms with van der Waals surface area (Å²) in [6.07, 6.45) is 15.5. The van der Waals surface area contributed by atoms with Crippen molar-refractivity contribution in [3.8, 4) is 0 Å². The van der Waals surface area contributed by atoms with E-state index in [4.69, 9.17) is 9.47 Å². The fourth-order valence-electron chi connectivity index (χ4n) is 6.41. The first kappa shape index (κ1) is 45.2. The van der Waals surface area contributed by atoms with Crippen LogP contribution in [-0.4, -0.2) is 98.7 Å². The van der Waals surface area contributed by atoms with Crippen molar-refractivity contribution in [2.45, 2.75) is 217 Å². The third-order valence-corrected chi connectivity index (χ3v) is 10.1. The van der Waals surface area contributed by atoms with E-state index in [1.807, 2.05) is 0 Å². The summed E-state index contributed by atoms with van der Waals surface area (Å²) in [7, 11) is 0. The van der Waals surface area contributed by atoms with Crippen LogP contribution in [0, 0.1) is 5.92 Å². The molecule has 1 rings (SSSR count). The first-order chi connectivity index (χ1) is 23.2. The van der Waals surface area contributed by atoms with Crippen LogP contribution >= 0.6 is 0 Å². The number of carbonyl (C=O) groups is 1. The molecule has 7 N–H and O–H groups in total. The predicted octanol–water partition coefficient (Wildman–Crippen LogP) is 5.66. The van der Waals surface area contributed by atoms with E-state index in [9.17, 15) is 35.4 Å². The Bertz CT molecular complexity index is 758. The summed E-state index contributed by atoms with van der Waals surface area (Å²) >= 11 is 0. The average molecular weight is 690 g/mol. The van der Waals surface area contributed by atoms with Gasteiger partial charge in [-0.1, -0.05) is 149 Å². The zero-order valence-corrected chi connectivity index (χ0v) is 30.8. The van der Waals surface area contributed by atoms with Crippen LogP contribution in [0.4, 0.5) is 0 Å². The second-order valence-corrected chi connectivity index (χ2v) is 14.5. The van der Waals surface area contributed by atoms with Crippen LogP contribution in [0.5, 0.6) is 0 Å². The van der Waals surface area contributed by atoms with Gasteiger partial charge in [0.2, 0.25) is 5.91 Å². The number of rotatable bonds is 31. The molecule has 9 unspecified atom stereocenters. The van der Waals surface area contributed by atoms with Crippen molar-refractivity contribution in [1.29, 1.82) is 0 Å². The van der Waals surface area contributed by atoms with Gasteiger partial charge in [-0.2, -0.15) is 0 Å². The highest BCUT2D eigenvalue weighted by molar-refractivity contribution is 5.76. The van der Waals surface area contributed by atoms with E-state index in [2.05, 4.69) is 26.1 Å². The van der Waals surface area contributed by atoms with Gasteiger partial charge >= 0.3 is 0 Å². The average Bonchev–Trinajstić information content (AvgIpc) is 3.08. The summed E-state index contributed by atoms with van der Waals surface area (Å²) < 4.78 is 11.1. The summed E-state index contributed by atoms with van der Waals surface area (Å²) in [5, 5.41) is 64.8. The third-order valence-electron chi connectivity index (χ3n) is 10.1. The van der Waals surface area contributed by atoms with Gasteiger partial charge < -0.3 is 45.4 Å². The van der Waals surface area contributed by atoms with Crippen molar-refractivity contribution in [2.24, 2.45) is 5.92 Å². The molecule has 0 aromatic carbocycles. The van der Waals surface area contributed by atoms with Crippen LogP contribution in [0.1, 0.15) is 168 Å². The molecule has 0 bridgehead atoms. The van der Waals surface area contributed by atoms with Crippen LogP contribution in [0.3, 0.4) is 0 Å². The minimum Gasteiger partial charge on any atom is -0.394 e. The zero-order valence-electron chi connectivity index (χ0n) is 30.8. The number of ether oxygens (including phenoxy) is 2. The number of aliphatic hydroxyl groups excluding tert-OH is 6. The van der Waals surface area contributed by atoms with Crippen molar-refractivity contribution in [3.63, 3.8) is 0 Å². The topological polar surface area (TPSA) is 169 Å². The first-order valence-electron chi connectivity index (χ1n) is 19.7. The van der Waals surface area contributed by atoms with Gasteiger partial charge in [0, 0.05) is 6.42 Å². The Morgan fingerprint density at radius 3 is 1.73 bits per heavy atom. The Labute approximate surface area is 292 Å². The molecule has 48 heavy (non-hydrogen) atoms. The normalized spacial score (nSPS) is 23.9. The van der Waals surface area contributed by atoms with Crippen molar-refractivity contribution < 1.29 is 44.9 Å². The minimum atomic E-state index is -1.60. The third kappa shape index (κ3) is 20.1. The zero-order chi connectivity index (χ0) is 35.6. The van der Waals surface area contributed by atoms with Gasteiger partial charge in [0.1, 0.15) is 30.5 Å². The second-order valence-electron chi connectivity index (χ2n) is 14.5. The molecule has 10 nitrogen and oxygen atoms in total. The molecular formula is C38H75NO9. The predicted molar refractivity (Wildman–Crippen MR) is 190 cm³/mol. The van der Waals surface area contributed by atoms with E-state index in [1.54, 1.807) is 0 Å². The number of unbranched alkanes of at least 4 members (excludes halogenated alkanes) is 17. The second kappa shape index (κ2) is 28.8. The summed E-state index contributed by atoms with van der Waals surface area (Å²) in [5.41, 5.74) is 0. The van der Waals surface area contributed by atoms with Crippen LogP contribution in [0.25, 0.3) is 0 Å². The molecule has 0 saturated carbocycles. The first-order valence-corrected chi connectivity index (χ1v) is 19.7. The van der Waals surface area contributed by atoms with Gasteiger partial charge in [-0.05, 0) is 18.8 Å². The lowest BCUT2D eigenvalue weighted by atomic mass is 9.97. The fourth-order valence-corrected chi connectivity index (χ4v) is 6.41. The van der Waals surface area contributed by atoms with Crippen molar-refractivity contribution in [2.75, 3.05) is 13.2 Å². The quantitative estimate of drug-likeness (QED) is 0.0455. The number of aliphatic hydroxyl groups is 6. The minimum absolute atomic E-state index is 0.260. The van der Waals surface area contributed by atoms with E-state index in [1.165, 1.54) is 83.5 Å². The number of hydrogen-bond acceptors (Lipinski definition) is 9. The Morgan fingerprint density at radius 2 is 1.21 bits per heavy atom. The van der Waals surface area contributed by atoms with Crippen LogP contribution in [-0.2, 0) is 14.3 Å². The van der Waals surface area contributed by atoms with Gasteiger partial charge in [-0.3, -0.25) is 4.79 Å². The van der Waals surface area contributed by atoms with Crippen molar-refractivity contribution >= 4 is 5.91 Å². The van der Waals surface area contributed by atoms with Crippen LogP contribution in [0.2, 0.25) is 0 Å². The summed E-state index contributed by atoms with van der Waals surface area (Å²) in [4.78, 5) is 12.9. The Balaban J connectivity index is 2.49. The Hall–Kier alpha value is -0.850. The molecule has 0 spiro atoms. The molecule has 9 atom stereocenters. The maximum Gasteiger partial charge on any atom is 0.220 e. The van der Waals surface area contributed by atoms with E-state index in [0.29, 0.717) is 6.42 Å². The van der Waals surface area contributed by atoms with Crippen LogP contribution < -0.4 is 5.32 Å². The number of hydrogen-bond donors (Lipinski definition) is 7. The maximum atomic E-state index is 12.9. The molecule has 1 saturated heterocycles. The summed E-state index contributed by atoms with van der Waals surface area (Å²) in [6, 6.07) is -0.984. The van der Waals surface area contributed by atoms with E-state index in [0.717, 1.165) is 57.3 Å². The molecule has 1 amide bonds. The van der Waals surface area contributed by atoms with E-state index in [-0.39, 0.29) is 18.9 Å². The molecule has 0 aromatic heterocycles. The fraction of sp³-hybridized carbons (Fsp3) is 0.974. The molecule has 0 aromatic rings. The van der Waals surface area contributed by atoms with Gasteiger partial charge in [-0.25, -0.2) is 0 Å². The van der Waals surface area contributed by atoms with Gasteiger partial charge in [-0.15, -0.1) is 0 Å². The Kier molecular flexibility index (Phi) is 27.1. The van der Waals surface area contributed by atoms with Crippen molar-refractivity contribution in [3.05, 3.63) is 0 Å². The maximum absolute atomic E-state index is 12.9. The van der Waals surface area contributed by atoms with Gasteiger partial charge in [0.05, 0.1) is 25.4 Å². The van der Waals surface area contributed by atoms with Gasteiger partial charge in [0.25, 0.3) is 0 Å². The Morgan fingerprint density at radius 1 is 0.708 bits per heavy atom. The highest BCUT2D eigenvalue weighted by atomic mass is 16.7. The molecule has 0 radical (unpaired) electrons. The SMILES string of the molecule is CCCCCCCCCCCCCCCC(=O)NC(COC1OC(CO)C(O)C(O)C1O)C(O)C(O)CCCCCCCCC(C)CC. The molecule has 0 aliphatic carbocycles. The molecular weight excluding hydrogens is 614 g/mol. The van der Waals surface area contributed by atoms with E-state index < -0.39 is 55.6 Å². The molecule has 286 valence electrons. The highest BCUT2D eigenvalue weighted by Gasteiger charge is 2.44. The summed E-state index contributed by atoms with van der Waals surface area (Å²) in [5.74, 6) is 0.512. The standard InChI is InChI=1S/C38H75NO9/c1-4-6-7-8-9-10-11-12-13-14-15-20-23-26-33(42)39-30(28-47-38-37(46)36(45)35(44)32(27-40)48-38)34(43)31(41)25-22-19-17-16-18-21-24-29(3)5-2/h29-32,34-38,40-41,43-46H,4-28H2,1-3H3,(H,39,42). The molecule has 10 heteroatoms. The highest BCUT2D eigenvalue weighted by Crippen LogP contribution is 2.23. The molecule has 1 aliphatic rings. The molecule has 1 heterocycles. The monoisotopic (exact) mass is 690 g/mol. The smallest absolute Gasteiger partial charge is 0.220 e. The number of amides is 1. The molecule has 1 aliphatic heterocycles. The van der Waals surface area contributed by atoms with Crippen molar-refractivity contribution in [1.82, 2.24) is 5.32 Å². The lowest BCUT2D eigenvalue weighted by Crippen LogP contribution is -2.60. The van der Waals surface area contributed by atoms with Crippen LogP contribution in [0.15, 0.2) is 0 Å². The number of carbonyl (C=O) groups excluding carboxylic acids is 1. The number of nitrogens with one attached hydrogen (secondary N) is 1. The van der Waals surface area contributed by atoms with Gasteiger partial charge in [0.15, 0.2) is 6.29 Å². The molecule has 1 fully saturated rings. The lowest BCUT2D eigenvalue weighted by Gasteiger charge is -2.40. The van der Waals surface area contributed by atoms with E-state index >= 15 is 0 Å². The largest absolute Gasteiger partial charge is 0.394 e. The lowest BCUT2D eigenvalue weighted by molar-refractivity contribution is -0.303. The summed E-state index contributed by atoms with van der Waals surface area (Å²) in [6.45, 7) is 5.86.